The molecule has 2 aliphatic rings. The van der Waals surface area contributed by atoms with Crippen LogP contribution in [0.3, 0.4) is 0 Å². The molecule has 0 bridgehead atoms. The zero-order chi connectivity index (χ0) is 21.8. The van der Waals surface area contributed by atoms with Crippen molar-refractivity contribution in [3.8, 4) is 0 Å². The van der Waals surface area contributed by atoms with Crippen LogP contribution in [-0.2, 0) is 11.3 Å². The van der Waals surface area contributed by atoms with Crippen LogP contribution in [0.1, 0.15) is 31.2 Å². The zero-order valence-electron chi connectivity index (χ0n) is 17.9. The molecule has 1 aliphatic carbocycles. The monoisotopic (exact) mass is 453 g/mol. The molecule has 0 aromatic carbocycles. The molecule has 4 heterocycles. The third-order valence-electron chi connectivity index (χ3n) is 6.25. The molecule has 9 heteroatoms. The second kappa shape index (κ2) is 9.94. The van der Waals surface area contributed by atoms with Crippen LogP contribution < -0.4 is 16.0 Å². The quantitative estimate of drug-likeness (QED) is 0.445. The van der Waals surface area contributed by atoms with E-state index in [0.717, 1.165) is 74.3 Å². The molecule has 1 saturated carbocycles. The predicted octanol–water partition coefficient (Wildman–Crippen LogP) is 3.64. The lowest BCUT2D eigenvalue weighted by Gasteiger charge is -2.29. The third-order valence-corrected chi connectivity index (χ3v) is 6.53. The van der Waals surface area contributed by atoms with Gasteiger partial charge in [-0.15, -0.1) is 0 Å². The van der Waals surface area contributed by atoms with Gasteiger partial charge in [-0.25, -0.2) is 19.9 Å². The highest BCUT2D eigenvalue weighted by Gasteiger charge is 2.22. The van der Waals surface area contributed by atoms with Gasteiger partial charge in [-0.05, 0) is 49.8 Å². The number of halogens is 1. The molecule has 5 rings (SSSR count). The minimum atomic E-state index is 0.427. The fraction of sp³-hybridized carbons (Fsp3) is 0.478. The van der Waals surface area contributed by atoms with Crippen molar-refractivity contribution < 1.29 is 4.74 Å². The van der Waals surface area contributed by atoms with Gasteiger partial charge in [0.15, 0.2) is 5.15 Å². The summed E-state index contributed by atoms with van der Waals surface area (Å²) in [6.45, 7) is 3.27. The van der Waals surface area contributed by atoms with Crippen LogP contribution in [0.2, 0.25) is 5.15 Å². The molecular formula is C23H28ClN7O. The maximum absolute atomic E-state index is 6.20. The van der Waals surface area contributed by atoms with Crippen molar-refractivity contribution >= 4 is 34.3 Å². The summed E-state index contributed by atoms with van der Waals surface area (Å²) < 4.78 is 5.17. The number of aromatic nitrogens is 4. The van der Waals surface area contributed by atoms with Gasteiger partial charge in [0.05, 0.1) is 19.3 Å². The summed E-state index contributed by atoms with van der Waals surface area (Å²) in [5, 5.41) is 11.9. The highest BCUT2D eigenvalue weighted by Crippen LogP contribution is 2.27. The van der Waals surface area contributed by atoms with Crippen LogP contribution in [0.4, 0.5) is 11.8 Å². The number of hydrogen-bond acceptors (Lipinski definition) is 8. The number of fused-ring (bicyclic) bond motifs is 1. The second-order valence-electron chi connectivity index (χ2n) is 8.64. The average molecular weight is 454 g/mol. The lowest BCUT2D eigenvalue weighted by molar-refractivity contribution is -0.00580. The van der Waals surface area contributed by atoms with Crippen molar-refractivity contribution in [2.75, 3.05) is 30.4 Å². The van der Waals surface area contributed by atoms with Crippen molar-refractivity contribution in [2.24, 2.45) is 5.92 Å². The van der Waals surface area contributed by atoms with Crippen molar-refractivity contribution in [2.45, 2.75) is 44.3 Å². The molecule has 1 saturated heterocycles. The molecule has 0 unspecified atom stereocenters. The largest absolute Gasteiger partial charge is 0.378 e. The number of nitrogens with one attached hydrogen (secondary N) is 3. The zero-order valence-corrected chi connectivity index (χ0v) is 18.7. The fourth-order valence-electron chi connectivity index (χ4n) is 4.20. The van der Waals surface area contributed by atoms with E-state index in [1.807, 2.05) is 30.6 Å². The normalized spacial score (nSPS) is 21.3. The first kappa shape index (κ1) is 21.3. The van der Waals surface area contributed by atoms with Crippen LogP contribution in [0.15, 0.2) is 36.8 Å². The Bertz CT molecular complexity index is 1040. The van der Waals surface area contributed by atoms with Gasteiger partial charge in [-0.1, -0.05) is 11.6 Å². The lowest BCUT2D eigenvalue weighted by Crippen LogP contribution is -2.45. The van der Waals surface area contributed by atoms with E-state index in [4.69, 9.17) is 16.3 Å². The van der Waals surface area contributed by atoms with E-state index in [1.54, 1.807) is 6.20 Å². The molecule has 0 radical (unpaired) electrons. The number of hydrogen-bond donors (Lipinski definition) is 3. The summed E-state index contributed by atoms with van der Waals surface area (Å²) in [6, 6.07) is 6.87. The Balaban J connectivity index is 1.06. The summed E-state index contributed by atoms with van der Waals surface area (Å²) in [7, 11) is 0. The Morgan fingerprint density at radius 1 is 0.969 bits per heavy atom. The van der Waals surface area contributed by atoms with Gasteiger partial charge in [0.2, 0.25) is 5.95 Å². The van der Waals surface area contributed by atoms with Crippen LogP contribution in [0, 0.1) is 5.92 Å². The minimum absolute atomic E-state index is 0.427. The summed E-state index contributed by atoms with van der Waals surface area (Å²) in [6.07, 6.45) is 10.0. The van der Waals surface area contributed by atoms with Crippen molar-refractivity contribution in [1.29, 1.82) is 0 Å². The Kier molecular flexibility index (Phi) is 6.61. The summed E-state index contributed by atoms with van der Waals surface area (Å²) in [4.78, 5) is 17.7. The van der Waals surface area contributed by atoms with Gasteiger partial charge < -0.3 is 20.7 Å². The molecule has 1 aliphatic heterocycles. The summed E-state index contributed by atoms with van der Waals surface area (Å²) >= 11 is 6.20. The Labute approximate surface area is 192 Å². The molecule has 0 atom stereocenters. The summed E-state index contributed by atoms with van der Waals surface area (Å²) in [5.74, 6) is 2.19. The Hall–Kier alpha value is -2.55. The van der Waals surface area contributed by atoms with Gasteiger partial charge >= 0.3 is 0 Å². The predicted molar refractivity (Wildman–Crippen MR) is 126 cm³/mol. The Morgan fingerprint density at radius 2 is 1.78 bits per heavy atom. The van der Waals surface area contributed by atoms with Crippen molar-refractivity contribution in [1.82, 2.24) is 25.3 Å². The highest BCUT2D eigenvalue weighted by molar-refractivity contribution is 6.33. The van der Waals surface area contributed by atoms with Crippen molar-refractivity contribution in [3.05, 3.63) is 47.5 Å². The molecular weight excluding hydrogens is 426 g/mol. The maximum Gasteiger partial charge on any atom is 0.222 e. The third kappa shape index (κ3) is 5.26. The van der Waals surface area contributed by atoms with E-state index in [1.165, 1.54) is 0 Å². The first-order chi connectivity index (χ1) is 15.7. The molecule has 168 valence electrons. The van der Waals surface area contributed by atoms with Crippen LogP contribution in [0.25, 0.3) is 10.9 Å². The van der Waals surface area contributed by atoms with Gasteiger partial charge in [-0.3, -0.25) is 0 Å². The van der Waals surface area contributed by atoms with E-state index in [0.29, 0.717) is 29.1 Å². The first-order valence-corrected chi connectivity index (χ1v) is 11.6. The van der Waals surface area contributed by atoms with Crippen molar-refractivity contribution in [3.63, 3.8) is 0 Å². The number of pyridine rings is 2. The SMILES string of the molecule is Clc1nccc2ccc(N[C@H]3CC[C@H](CNc4ncc(CNC5COC5)cn4)CC3)nc12. The second-order valence-corrected chi connectivity index (χ2v) is 9.00. The minimum Gasteiger partial charge on any atom is -0.378 e. The van der Waals surface area contributed by atoms with Gasteiger partial charge in [0.25, 0.3) is 0 Å². The maximum atomic E-state index is 6.20. The van der Waals surface area contributed by atoms with E-state index in [-0.39, 0.29) is 0 Å². The number of nitrogens with zero attached hydrogens (tertiary/aromatic N) is 4. The average Bonchev–Trinajstić information content (AvgIpc) is 2.79. The molecule has 3 N–H and O–H groups in total. The van der Waals surface area contributed by atoms with Gasteiger partial charge in [0.1, 0.15) is 11.3 Å². The van der Waals surface area contributed by atoms with E-state index >= 15 is 0 Å². The fourth-order valence-corrected chi connectivity index (χ4v) is 4.41. The van der Waals surface area contributed by atoms with Crippen LogP contribution in [0.5, 0.6) is 0 Å². The number of anilines is 2. The lowest BCUT2D eigenvalue weighted by atomic mass is 9.86. The Morgan fingerprint density at radius 3 is 2.53 bits per heavy atom. The van der Waals surface area contributed by atoms with Crippen LogP contribution >= 0.6 is 11.6 Å². The molecule has 3 aromatic heterocycles. The van der Waals surface area contributed by atoms with Gasteiger partial charge in [0, 0.05) is 48.7 Å². The van der Waals surface area contributed by atoms with E-state index < -0.39 is 0 Å². The number of rotatable bonds is 8. The molecule has 0 amide bonds. The molecule has 0 spiro atoms. The van der Waals surface area contributed by atoms with Crippen LogP contribution in [-0.4, -0.2) is 51.8 Å². The molecule has 2 fully saturated rings. The number of ether oxygens (including phenoxy) is 1. The standard InChI is InChI=1S/C23H28ClN7O/c24-22-21-17(7-8-25-22)3-6-20(31-21)30-18-4-1-15(2-5-18)9-27-23-28-11-16(12-29-23)10-26-19-13-32-14-19/h3,6-8,11-12,15,18-19,26H,1-2,4-5,9-10,13-14H2,(H,30,31)(H,27,28,29)/t15-,18-. The molecule has 3 aromatic rings. The molecule has 32 heavy (non-hydrogen) atoms. The summed E-state index contributed by atoms with van der Waals surface area (Å²) in [5.41, 5.74) is 1.84. The van der Waals surface area contributed by atoms with Gasteiger partial charge in [-0.2, -0.15) is 0 Å². The molecule has 8 nitrogen and oxygen atoms in total. The van der Waals surface area contributed by atoms with E-state index in [9.17, 15) is 0 Å². The highest BCUT2D eigenvalue weighted by atomic mass is 35.5. The van der Waals surface area contributed by atoms with E-state index in [2.05, 4.69) is 35.9 Å². The topological polar surface area (TPSA) is 96.9 Å². The first-order valence-electron chi connectivity index (χ1n) is 11.3. The smallest absolute Gasteiger partial charge is 0.222 e.